The Morgan fingerprint density at radius 2 is 2.05 bits per heavy atom. The van der Waals surface area contributed by atoms with E-state index in [0.717, 1.165) is 21.5 Å². The molecular weight excluding hydrogens is 268 g/mol. The molecular formula is C16H12N2OS. The Balaban J connectivity index is 1.81. The SMILES string of the molecule is O=C(C=Cc1cccs1)Nc1cccc2cccnc12. The smallest absolute Gasteiger partial charge is 0.248 e. The van der Waals surface area contributed by atoms with Gasteiger partial charge in [-0.2, -0.15) is 0 Å². The number of hydrogen-bond donors (Lipinski definition) is 1. The minimum atomic E-state index is -0.156. The first kappa shape index (κ1) is 12.6. The van der Waals surface area contributed by atoms with Crippen LogP contribution in [0.5, 0.6) is 0 Å². The van der Waals surface area contributed by atoms with Crippen molar-refractivity contribution in [2.75, 3.05) is 5.32 Å². The van der Waals surface area contributed by atoms with E-state index in [1.54, 1.807) is 23.6 Å². The minimum Gasteiger partial charge on any atom is -0.321 e. The van der Waals surface area contributed by atoms with Crippen molar-refractivity contribution < 1.29 is 4.79 Å². The van der Waals surface area contributed by atoms with E-state index in [2.05, 4.69) is 10.3 Å². The Bertz CT molecular complexity index is 758. The number of anilines is 1. The number of benzene rings is 1. The quantitative estimate of drug-likeness (QED) is 0.738. The molecule has 2 aromatic heterocycles. The minimum absolute atomic E-state index is 0.156. The molecule has 4 heteroatoms. The lowest BCUT2D eigenvalue weighted by atomic mass is 10.2. The van der Waals surface area contributed by atoms with Crippen LogP contribution in [-0.4, -0.2) is 10.9 Å². The molecule has 1 amide bonds. The molecule has 0 spiro atoms. The number of fused-ring (bicyclic) bond motifs is 1. The van der Waals surface area contributed by atoms with Crippen molar-refractivity contribution in [1.29, 1.82) is 0 Å². The Morgan fingerprint density at radius 1 is 1.15 bits per heavy atom. The maximum atomic E-state index is 11.9. The molecule has 0 aliphatic heterocycles. The molecule has 2 heterocycles. The van der Waals surface area contributed by atoms with Crippen molar-refractivity contribution in [2.24, 2.45) is 0 Å². The van der Waals surface area contributed by atoms with E-state index in [4.69, 9.17) is 0 Å². The van der Waals surface area contributed by atoms with Gasteiger partial charge in [-0.05, 0) is 29.7 Å². The Labute approximate surface area is 120 Å². The Morgan fingerprint density at radius 3 is 2.90 bits per heavy atom. The predicted octanol–water partition coefficient (Wildman–Crippen LogP) is 3.95. The molecule has 3 aromatic rings. The fourth-order valence-corrected chi connectivity index (χ4v) is 2.54. The molecule has 0 fully saturated rings. The molecule has 3 nitrogen and oxygen atoms in total. The monoisotopic (exact) mass is 280 g/mol. The van der Waals surface area contributed by atoms with E-state index < -0.39 is 0 Å². The summed E-state index contributed by atoms with van der Waals surface area (Å²) in [7, 11) is 0. The maximum Gasteiger partial charge on any atom is 0.248 e. The van der Waals surface area contributed by atoms with Crippen LogP contribution in [-0.2, 0) is 4.79 Å². The lowest BCUT2D eigenvalue weighted by Crippen LogP contribution is -2.08. The zero-order valence-electron chi connectivity index (χ0n) is 10.6. The van der Waals surface area contributed by atoms with Crippen molar-refractivity contribution in [3.05, 3.63) is 65.0 Å². The highest BCUT2D eigenvalue weighted by Gasteiger charge is 2.03. The number of nitrogens with one attached hydrogen (secondary N) is 1. The standard InChI is InChI=1S/C16H12N2OS/c19-15(9-8-13-6-3-11-20-13)18-14-7-1-4-12-5-2-10-17-16(12)14/h1-11H,(H,18,19). The summed E-state index contributed by atoms with van der Waals surface area (Å²) in [6.45, 7) is 0. The normalized spacial score (nSPS) is 11.0. The summed E-state index contributed by atoms with van der Waals surface area (Å²) in [4.78, 5) is 17.3. The largest absolute Gasteiger partial charge is 0.321 e. The molecule has 1 N–H and O–H groups in total. The Kier molecular flexibility index (Phi) is 3.56. The van der Waals surface area contributed by atoms with Gasteiger partial charge in [-0.25, -0.2) is 0 Å². The summed E-state index contributed by atoms with van der Waals surface area (Å²) in [6.07, 6.45) is 5.06. The van der Waals surface area contributed by atoms with Crippen molar-refractivity contribution in [3.63, 3.8) is 0 Å². The van der Waals surface area contributed by atoms with E-state index >= 15 is 0 Å². The lowest BCUT2D eigenvalue weighted by Gasteiger charge is -2.05. The third kappa shape index (κ3) is 2.75. The number of carbonyl (C=O) groups excluding carboxylic acids is 1. The van der Waals surface area contributed by atoms with Crippen LogP contribution in [0.1, 0.15) is 4.88 Å². The zero-order chi connectivity index (χ0) is 13.8. The van der Waals surface area contributed by atoms with Gasteiger partial charge in [0.2, 0.25) is 5.91 Å². The van der Waals surface area contributed by atoms with E-state index in [9.17, 15) is 4.79 Å². The fourth-order valence-electron chi connectivity index (χ4n) is 1.92. The highest BCUT2D eigenvalue weighted by molar-refractivity contribution is 7.10. The first-order valence-electron chi connectivity index (χ1n) is 6.19. The second-order valence-corrected chi connectivity index (χ2v) is 5.20. The van der Waals surface area contributed by atoms with Gasteiger partial charge in [-0.3, -0.25) is 9.78 Å². The van der Waals surface area contributed by atoms with Crippen molar-refractivity contribution >= 4 is 39.9 Å². The summed E-state index contributed by atoms with van der Waals surface area (Å²) < 4.78 is 0. The van der Waals surface area contributed by atoms with Crippen molar-refractivity contribution in [3.8, 4) is 0 Å². The number of hydrogen-bond acceptors (Lipinski definition) is 3. The number of carbonyl (C=O) groups is 1. The third-order valence-corrected chi connectivity index (χ3v) is 3.67. The molecule has 20 heavy (non-hydrogen) atoms. The van der Waals surface area contributed by atoms with Crippen LogP contribution in [0.25, 0.3) is 17.0 Å². The average Bonchev–Trinajstić information content (AvgIpc) is 2.99. The van der Waals surface area contributed by atoms with E-state index in [-0.39, 0.29) is 5.91 Å². The van der Waals surface area contributed by atoms with E-state index in [1.165, 1.54) is 6.08 Å². The second-order valence-electron chi connectivity index (χ2n) is 4.22. The van der Waals surface area contributed by atoms with Gasteiger partial charge in [0, 0.05) is 22.5 Å². The molecule has 0 atom stereocenters. The first-order chi connectivity index (χ1) is 9.83. The summed E-state index contributed by atoms with van der Waals surface area (Å²) in [5, 5.41) is 5.85. The summed E-state index contributed by atoms with van der Waals surface area (Å²) >= 11 is 1.59. The van der Waals surface area contributed by atoms with Gasteiger partial charge < -0.3 is 5.32 Å². The fraction of sp³-hybridized carbons (Fsp3) is 0. The summed E-state index contributed by atoms with van der Waals surface area (Å²) in [5.41, 5.74) is 1.52. The van der Waals surface area contributed by atoms with Crippen LogP contribution in [0.2, 0.25) is 0 Å². The molecule has 0 radical (unpaired) electrons. The van der Waals surface area contributed by atoms with Crippen LogP contribution in [0.4, 0.5) is 5.69 Å². The second kappa shape index (κ2) is 5.67. The van der Waals surface area contributed by atoms with Gasteiger partial charge in [0.05, 0.1) is 11.2 Å². The average molecular weight is 280 g/mol. The first-order valence-corrected chi connectivity index (χ1v) is 7.07. The number of para-hydroxylation sites is 1. The van der Waals surface area contributed by atoms with Crippen LogP contribution >= 0.6 is 11.3 Å². The van der Waals surface area contributed by atoms with Crippen molar-refractivity contribution in [1.82, 2.24) is 4.98 Å². The van der Waals surface area contributed by atoms with Crippen LogP contribution < -0.4 is 5.32 Å². The molecule has 0 saturated carbocycles. The van der Waals surface area contributed by atoms with E-state index in [1.807, 2.05) is 47.8 Å². The topological polar surface area (TPSA) is 42.0 Å². The third-order valence-electron chi connectivity index (χ3n) is 2.83. The van der Waals surface area contributed by atoms with Gasteiger partial charge in [0.1, 0.15) is 0 Å². The molecule has 0 aliphatic rings. The predicted molar refractivity (Wildman–Crippen MR) is 83.7 cm³/mol. The number of thiophene rings is 1. The molecule has 0 bridgehead atoms. The molecule has 0 aliphatic carbocycles. The molecule has 0 saturated heterocycles. The number of aromatic nitrogens is 1. The van der Waals surface area contributed by atoms with Crippen LogP contribution in [0, 0.1) is 0 Å². The number of pyridine rings is 1. The number of rotatable bonds is 3. The molecule has 98 valence electrons. The summed E-state index contributed by atoms with van der Waals surface area (Å²) in [6, 6.07) is 13.5. The van der Waals surface area contributed by atoms with Crippen LogP contribution in [0.3, 0.4) is 0 Å². The van der Waals surface area contributed by atoms with E-state index in [0.29, 0.717) is 0 Å². The zero-order valence-corrected chi connectivity index (χ0v) is 11.4. The Hall–Kier alpha value is -2.46. The van der Waals surface area contributed by atoms with Gasteiger partial charge in [-0.15, -0.1) is 11.3 Å². The number of nitrogens with zero attached hydrogens (tertiary/aromatic N) is 1. The van der Waals surface area contributed by atoms with Crippen LogP contribution in [0.15, 0.2) is 60.1 Å². The van der Waals surface area contributed by atoms with Crippen molar-refractivity contribution in [2.45, 2.75) is 0 Å². The molecule has 0 unspecified atom stereocenters. The maximum absolute atomic E-state index is 11.9. The lowest BCUT2D eigenvalue weighted by molar-refractivity contribution is -0.111. The summed E-state index contributed by atoms with van der Waals surface area (Å²) in [5.74, 6) is -0.156. The van der Waals surface area contributed by atoms with Gasteiger partial charge in [0.25, 0.3) is 0 Å². The molecule has 1 aromatic carbocycles. The number of amides is 1. The van der Waals surface area contributed by atoms with Gasteiger partial charge in [0.15, 0.2) is 0 Å². The highest BCUT2D eigenvalue weighted by atomic mass is 32.1. The molecule has 3 rings (SSSR count). The van der Waals surface area contributed by atoms with Gasteiger partial charge >= 0.3 is 0 Å². The van der Waals surface area contributed by atoms with Gasteiger partial charge in [-0.1, -0.05) is 24.3 Å². The highest BCUT2D eigenvalue weighted by Crippen LogP contribution is 2.20.